The van der Waals surface area contributed by atoms with Crippen LogP contribution in [0.2, 0.25) is 0 Å². The monoisotopic (exact) mass is 760 g/mol. The zero-order valence-corrected chi connectivity index (χ0v) is 31.4. The maximum absolute atomic E-state index is 15.4. The van der Waals surface area contributed by atoms with Crippen LogP contribution in [0.15, 0.2) is 54.9 Å². The van der Waals surface area contributed by atoms with Crippen LogP contribution in [0.5, 0.6) is 5.88 Å². The lowest BCUT2D eigenvalue weighted by Gasteiger charge is -2.49. The molecule has 5 aliphatic heterocycles. The van der Waals surface area contributed by atoms with E-state index in [0.717, 1.165) is 85.1 Å². The summed E-state index contributed by atoms with van der Waals surface area (Å²) in [5.74, 6) is -0.206. The number of amides is 3. The molecule has 0 spiro atoms. The van der Waals surface area contributed by atoms with Gasteiger partial charge in [0.1, 0.15) is 18.1 Å². The number of anilines is 5. The van der Waals surface area contributed by atoms with E-state index in [-0.39, 0.29) is 30.1 Å². The molecule has 4 aromatic rings. The largest absolute Gasteiger partial charge is 0.474 e. The first kappa shape index (κ1) is 35.8. The Morgan fingerprint density at radius 3 is 2.59 bits per heavy atom. The SMILES string of the molecule is Cc1c(N2CCc3cnc(Nc4ccc(CC(=O)N5CCN(C6CN(c7ccc([C@@H]8CCC(=O)NC8=O)cc7)C6)CC5)c(F)c4)nc3C2)cnc2c1NCCO2. The molecule has 1 atom stereocenters. The highest BCUT2D eigenvalue weighted by atomic mass is 19.1. The van der Waals surface area contributed by atoms with Crippen LogP contribution in [0.4, 0.5) is 33.1 Å². The topological polar surface area (TPSA) is 148 Å². The van der Waals surface area contributed by atoms with Gasteiger partial charge in [-0.2, -0.15) is 0 Å². The average molecular weight is 761 g/mol. The molecule has 14 nitrogen and oxygen atoms in total. The highest BCUT2D eigenvalue weighted by molar-refractivity contribution is 6.01. The number of nitrogens with one attached hydrogen (secondary N) is 3. The second-order valence-corrected chi connectivity index (χ2v) is 15.2. The smallest absolute Gasteiger partial charge is 0.237 e. The summed E-state index contributed by atoms with van der Waals surface area (Å²) in [6.45, 7) is 9.41. The predicted octanol–water partition coefficient (Wildman–Crippen LogP) is 3.53. The van der Waals surface area contributed by atoms with Gasteiger partial charge in [-0.25, -0.2) is 19.3 Å². The standard InChI is InChI=1S/C41H45FN10O4/c1-25-35(21-44-40-38(25)43-11-17-56-40)51-12-10-28-20-45-41(47-34(28)24-51)46-29-5-2-27(33(42)19-29)18-37(54)50-15-13-49(14-16-50)31-22-52(23-31)30-6-3-26(4-7-30)32-8-9-36(53)48-39(32)55/h2-7,19-21,31-32,43H,8-18,22-24H2,1H3,(H,45,46,47)(H,48,53,55)/t32-/m0/s1. The number of benzene rings is 2. The average Bonchev–Trinajstić information content (AvgIpc) is 3.19. The van der Waals surface area contributed by atoms with E-state index in [1.165, 1.54) is 6.07 Å². The molecule has 2 aromatic carbocycles. The summed E-state index contributed by atoms with van der Waals surface area (Å²) < 4.78 is 21.1. The second-order valence-electron chi connectivity index (χ2n) is 15.2. The molecule has 0 unspecified atom stereocenters. The molecule has 56 heavy (non-hydrogen) atoms. The second kappa shape index (κ2) is 15.0. The van der Waals surface area contributed by atoms with E-state index in [2.05, 4.69) is 47.5 Å². The Kier molecular flexibility index (Phi) is 9.61. The lowest BCUT2D eigenvalue weighted by molar-refractivity contribution is -0.134. The quantitative estimate of drug-likeness (QED) is 0.226. The number of ether oxygens (including phenoxy) is 1. The van der Waals surface area contributed by atoms with Gasteiger partial charge in [0.15, 0.2) is 0 Å². The first-order valence-electron chi connectivity index (χ1n) is 19.5. The summed E-state index contributed by atoms with van der Waals surface area (Å²) in [6.07, 6.45) is 5.41. The minimum atomic E-state index is -0.446. The lowest BCUT2D eigenvalue weighted by atomic mass is 9.90. The molecule has 0 radical (unpaired) electrons. The first-order chi connectivity index (χ1) is 27.3. The number of piperidine rings is 1. The van der Waals surface area contributed by atoms with E-state index < -0.39 is 5.82 Å². The van der Waals surface area contributed by atoms with Crippen LogP contribution in [0.3, 0.4) is 0 Å². The van der Waals surface area contributed by atoms with Crippen LogP contribution in [0.25, 0.3) is 0 Å². The number of carbonyl (C=O) groups excluding carboxylic acids is 3. The minimum Gasteiger partial charge on any atom is -0.474 e. The fraction of sp³-hybridized carbons (Fsp3) is 0.415. The third-order valence-corrected chi connectivity index (χ3v) is 11.8. The lowest BCUT2D eigenvalue weighted by Crippen LogP contribution is -2.63. The fourth-order valence-corrected chi connectivity index (χ4v) is 8.43. The van der Waals surface area contributed by atoms with Gasteiger partial charge < -0.3 is 30.1 Å². The number of imide groups is 1. The Balaban J connectivity index is 0.747. The molecule has 0 aliphatic carbocycles. The Morgan fingerprint density at radius 2 is 1.80 bits per heavy atom. The molecular formula is C41H45FN10O4. The number of fused-ring (bicyclic) bond motifs is 2. The van der Waals surface area contributed by atoms with Crippen molar-refractivity contribution in [2.24, 2.45) is 0 Å². The Morgan fingerprint density at radius 1 is 0.982 bits per heavy atom. The highest BCUT2D eigenvalue weighted by Gasteiger charge is 2.35. The number of rotatable bonds is 8. The molecule has 5 aliphatic rings. The van der Waals surface area contributed by atoms with E-state index in [0.29, 0.717) is 68.2 Å². The number of hydrogen-bond donors (Lipinski definition) is 3. The maximum atomic E-state index is 15.4. The van der Waals surface area contributed by atoms with E-state index in [1.807, 2.05) is 41.6 Å². The molecule has 2 aromatic heterocycles. The van der Waals surface area contributed by atoms with Crippen LogP contribution < -0.4 is 30.5 Å². The van der Waals surface area contributed by atoms with Crippen LogP contribution >= 0.6 is 0 Å². The number of piperazine rings is 1. The molecule has 290 valence electrons. The zero-order chi connectivity index (χ0) is 38.3. The van der Waals surface area contributed by atoms with Gasteiger partial charge in [-0.05, 0) is 60.7 Å². The molecule has 3 fully saturated rings. The van der Waals surface area contributed by atoms with Crippen LogP contribution in [-0.2, 0) is 33.8 Å². The number of halogens is 1. The van der Waals surface area contributed by atoms with E-state index in [1.54, 1.807) is 12.1 Å². The van der Waals surface area contributed by atoms with E-state index in [9.17, 15) is 14.4 Å². The van der Waals surface area contributed by atoms with Gasteiger partial charge in [0.05, 0.1) is 36.5 Å². The number of pyridine rings is 1. The Labute approximate surface area is 324 Å². The van der Waals surface area contributed by atoms with Crippen LogP contribution in [-0.4, -0.2) is 107 Å². The van der Waals surface area contributed by atoms with Gasteiger partial charge in [0, 0.05) is 88.0 Å². The van der Waals surface area contributed by atoms with Crippen molar-refractivity contribution in [3.05, 3.63) is 88.6 Å². The number of aromatic nitrogens is 3. The van der Waals surface area contributed by atoms with Crippen molar-refractivity contribution < 1.29 is 23.5 Å². The van der Waals surface area contributed by atoms with Crippen molar-refractivity contribution in [2.75, 3.05) is 79.4 Å². The van der Waals surface area contributed by atoms with Crippen LogP contribution in [0, 0.1) is 12.7 Å². The molecule has 7 heterocycles. The van der Waals surface area contributed by atoms with Crippen molar-refractivity contribution in [2.45, 2.75) is 51.1 Å². The molecule has 0 bridgehead atoms. The number of hydrogen-bond acceptors (Lipinski definition) is 12. The van der Waals surface area contributed by atoms with Crippen molar-refractivity contribution in [3.8, 4) is 5.88 Å². The van der Waals surface area contributed by atoms with Gasteiger partial charge in [-0.1, -0.05) is 18.2 Å². The molecular weight excluding hydrogens is 716 g/mol. The summed E-state index contributed by atoms with van der Waals surface area (Å²) in [5, 5.41) is 9.00. The fourth-order valence-electron chi connectivity index (χ4n) is 8.43. The number of nitrogens with zero attached hydrogens (tertiary/aromatic N) is 7. The molecule has 0 saturated carbocycles. The molecule has 3 saturated heterocycles. The molecule has 9 rings (SSSR count). The summed E-state index contributed by atoms with van der Waals surface area (Å²) in [6, 6.07) is 13.3. The van der Waals surface area contributed by atoms with Crippen molar-refractivity contribution in [1.82, 2.24) is 30.1 Å². The third kappa shape index (κ3) is 7.18. The Bertz CT molecular complexity index is 2170. The summed E-state index contributed by atoms with van der Waals surface area (Å²) >= 11 is 0. The minimum absolute atomic E-state index is 0.00192. The van der Waals surface area contributed by atoms with Gasteiger partial charge in [-0.3, -0.25) is 24.6 Å². The van der Waals surface area contributed by atoms with E-state index in [4.69, 9.17) is 9.72 Å². The Hall–Kier alpha value is -5.83. The highest BCUT2D eigenvalue weighted by Crippen LogP contribution is 2.36. The normalized spacial score (nSPS) is 20.0. The van der Waals surface area contributed by atoms with Gasteiger partial charge in [0.2, 0.25) is 29.5 Å². The predicted molar refractivity (Wildman–Crippen MR) is 209 cm³/mol. The summed E-state index contributed by atoms with van der Waals surface area (Å²) in [7, 11) is 0. The van der Waals surface area contributed by atoms with Gasteiger partial charge in [0.25, 0.3) is 0 Å². The zero-order valence-electron chi connectivity index (χ0n) is 31.4. The van der Waals surface area contributed by atoms with Crippen LogP contribution in [0.1, 0.15) is 46.7 Å². The maximum Gasteiger partial charge on any atom is 0.237 e. The molecule has 15 heteroatoms. The molecule has 3 N–H and O–H groups in total. The van der Waals surface area contributed by atoms with E-state index >= 15 is 4.39 Å². The third-order valence-electron chi connectivity index (χ3n) is 11.8. The first-order valence-corrected chi connectivity index (χ1v) is 19.5. The molecule has 3 amide bonds. The van der Waals surface area contributed by atoms with Gasteiger partial charge >= 0.3 is 0 Å². The number of carbonyl (C=O) groups is 3. The van der Waals surface area contributed by atoms with Crippen molar-refractivity contribution in [3.63, 3.8) is 0 Å². The summed E-state index contributed by atoms with van der Waals surface area (Å²) in [4.78, 5) is 59.7. The van der Waals surface area contributed by atoms with Crippen molar-refractivity contribution in [1.29, 1.82) is 0 Å². The summed E-state index contributed by atoms with van der Waals surface area (Å²) in [5.41, 5.74) is 7.98. The van der Waals surface area contributed by atoms with Gasteiger partial charge in [-0.15, -0.1) is 0 Å². The van der Waals surface area contributed by atoms with Crippen molar-refractivity contribution >= 4 is 46.4 Å².